The van der Waals surface area contributed by atoms with E-state index in [1.807, 2.05) is 74.5 Å². The van der Waals surface area contributed by atoms with Gasteiger partial charge in [-0.05, 0) is 55.8 Å². The Morgan fingerprint density at radius 1 is 1.10 bits per heavy atom. The smallest absolute Gasteiger partial charge is 0.270 e. The number of hydrogen-bond donors (Lipinski definition) is 0. The molecule has 2 heterocycles. The summed E-state index contributed by atoms with van der Waals surface area (Å²) >= 11 is 8.04. The quantitative estimate of drug-likeness (QED) is 0.362. The Morgan fingerprint density at radius 2 is 1.90 bits per heavy atom. The maximum Gasteiger partial charge on any atom is 0.270 e. The van der Waals surface area contributed by atoms with Crippen LogP contribution in [-0.2, 0) is 6.54 Å². The number of carbonyl (C=O) groups excluding carboxylic acids is 1. The van der Waals surface area contributed by atoms with Crippen molar-refractivity contribution in [3.05, 3.63) is 87.5 Å². The maximum atomic E-state index is 13.7. The highest BCUT2D eigenvalue weighted by molar-refractivity contribution is 7.21. The van der Waals surface area contributed by atoms with Crippen LogP contribution in [0.2, 0.25) is 5.02 Å². The van der Waals surface area contributed by atoms with Crippen molar-refractivity contribution in [2.75, 3.05) is 12.0 Å². The van der Waals surface area contributed by atoms with E-state index in [0.29, 0.717) is 16.4 Å². The van der Waals surface area contributed by atoms with Gasteiger partial charge in [-0.2, -0.15) is 0 Å². The third kappa shape index (κ3) is 3.91. The minimum Gasteiger partial charge on any atom is -0.497 e. The number of nitrogens with zero attached hydrogens (tertiary/aromatic N) is 2. The van der Waals surface area contributed by atoms with Crippen molar-refractivity contribution < 1.29 is 9.53 Å². The number of methoxy groups -OCH3 is 1. The fourth-order valence-corrected chi connectivity index (χ4v) is 4.91. The van der Waals surface area contributed by atoms with Crippen LogP contribution in [0.15, 0.2) is 60.7 Å². The summed E-state index contributed by atoms with van der Waals surface area (Å²) in [7, 11) is 1.63. The number of anilines is 1. The molecule has 2 aromatic carbocycles. The van der Waals surface area contributed by atoms with Crippen LogP contribution in [0.1, 0.15) is 26.6 Å². The predicted molar refractivity (Wildman–Crippen MR) is 124 cm³/mol. The highest BCUT2D eigenvalue weighted by Crippen LogP contribution is 2.37. The molecule has 0 radical (unpaired) electrons. The first-order chi connectivity index (χ1) is 14.5. The number of aromatic nitrogens is 1. The summed E-state index contributed by atoms with van der Waals surface area (Å²) in [5.41, 5.74) is 3.47. The van der Waals surface area contributed by atoms with E-state index < -0.39 is 0 Å². The van der Waals surface area contributed by atoms with Gasteiger partial charge in [-0.15, -0.1) is 11.3 Å². The van der Waals surface area contributed by atoms with E-state index in [4.69, 9.17) is 16.3 Å². The maximum absolute atomic E-state index is 13.7. The molecule has 0 saturated carbocycles. The molecule has 0 aliphatic carbocycles. The number of rotatable bonds is 5. The predicted octanol–water partition coefficient (Wildman–Crippen LogP) is 6.42. The summed E-state index contributed by atoms with van der Waals surface area (Å²) < 4.78 is 6.32. The van der Waals surface area contributed by atoms with Crippen LogP contribution in [0.25, 0.3) is 10.1 Å². The molecule has 0 unspecified atom stereocenters. The number of hydrogen-bond acceptors (Lipinski definition) is 4. The summed E-state index contributed by atoms with van der Waals surface area (Å²) in [6.07, 6.45) is 0. The minimum atomic E-state index is -0.141. The largest absolute Gasteiger partial charge is 0.497 e. The number of fused-ring (bicyclic) bond motifs is 1. The molecule has 0 fully saturated rings. The van der Waals surface area contributed by atoms with Gasteiger partial charge in [-0.1, -0.05) is 35.9 Å². The Balaban J connectivity index is 1.81. The number of ether oxygens (including phenoxy) is 1. The van der Waals surface area contributed by atoms with Gasteiger partial charge >= 0.3 is 0 Å². The number of thiophene rings is 1. The zero-order valence-corrected chi connectivity index (χ0v) is 18.6. The fraction of sp³-hybridized carbons (Fsp3) is 0.167. The molecular formula is C24H21ClN2O2S. The second-order valence-electron chi connectivity index (χ2n) is 7.06. The summed E-state index contributed by atoms with van der Waals surface area (Å²) in [5.74, 6) is 0.606. The topological polar surface area (TPSA) is 42.4 Å². The first kappa shape index (κ1) is 20.4. The number of halogens is 1. The van der Waals surface area contributed by atoms with Crippen LogP contribution in [0, 0.1) is 13.8 Å². The average Bonchev–Trinajstić information content (AvgIpc) is 3.08. The SMILES string of the molecule is COc1ccc(N(Cc2cccc(C)n2)C(=O)c2sc3ccccc3c2Cl)c(C)c1. The Morgan fingerprint density at radius 3 is 2.60 bits per heavy atom. The van der Waals surface area contributed by atoms with E-state index in [9.17, 15) is 4.79 Å². The van der Waals surface area contributed by atoms with Crippen molar-refractivity contribution in [1.29, 1.82) is 0 Å². The Labute approximate surface area is 184 Å². The molecule has 6 heteroatoms. The highest BCUT2D eigenvalue weighted by atomic mass is 35.5. The molecule has 4 aromatic rings. The van der Waals surface area contributed by atoms with E-state index in [1.165, 1.54) is 11.3 Å². The Bertz CT molecular complexity index is 1240. The summed E-state index contributed by atoms with van der Waals surface area (Å²) in [5, 5.41) is 1.39. The number of amides is 1. The lowest BCUT2D eigenvalue weighted by Crippen LogP contribution is -2.31. The fourth-order valence-electron chi connectivity index (χ4n) is 3.45. The van der Waals surface area contributed by atoms with Crippen LogP contribution in [-0.4, -0.2) is 18.0 Å². The van der Waals surface area contributed by atoms with Gasteiger partial charge < -0.3 is 9.64 Å². The lowest BCUT2D eigenvalue weighted by atomic mass is 10.1. The van der Waals surface area contributed by atoms with Gasteiger partial charge in [0.2, 0.25) is 0 Å². The van der Waals surface area contributed by atoms with Crippen molar-refractivity contribution in [1.82, 2.24) is 4.98 Å². The molecule has 4 rings (SSSR count). The van der Waals surface area contributed by atoms with Crippen LogP contribution in [0.5, 0.6) is 5.75 Å². The van der Waals surface area contributed by atoms with Gasteiger partial charge in [0.1, 0.15) is 10.6 Å². The number of aryl methyl sites for hydroxylation is 2. The first-order valence-electron chi connectivity index (χ1n) is 9.54. The molecule has 0 spiro atoms. The molecule has 0 aliphatic heterocycles. The molecule has 0 N–H and O–H groups in total. The molecule has 0 saturated heterocycles. The van der Waals surface area contributed by atoms with Gasteiger partial charge in [0.15, 0.2) is 0 Å². The zero-order chi connectivity index (χ0) is 21.3. The van der Waals surface area contributed by atoms with E-state index >= 15 is 0 Å². The molecule has 1 amide bonds. The van der Waals surface area contributed by atoms with Gasteiger partial charge in [-0.25, -0.2) is 0 Å². The van der Waals surface area contributed by atoms with Gasteiger partial charge in [-0.3, -0.25) is 9.78 Å². The highest BCUT2D eigenvalue weighted by Gasteiger charge is 2.25. The standard InChI is InChI=1S/C24H21ClN2O2S/c1-15-13-18(29-3)11-12-20(15)27(14-17-8-6-7-16(2)26-17)24(28)23-22(25)19-9-4-5-10-21(19)30-23/h4-13H,14H2,1-3H3. The number of benzene rings is 2. The summed E-state index contributed by atoms with van der Waals surface area (Å²) in [4.78, 5) is 20.6. The van der Waals surface area contributed by atoms with Crippen LogP contribution in [0.3, 0.4) is 0 Å². The van der Waals surface area contributed by atoms with Gasteiger partial charge in [0, 0.05) is 21.5 Å². The summed E-state index contributed by atoms with van der Waals surface area (Å²) in [6, 6.07) is 19.3. The molecule has 0 bridgehead atoms. The molecule has 30 heavy (non-hydrogen) atoms. The Kier molecular flexibility index (Phi) is 5.75. The van der Waals surface area contributed by atoms with E-state index in [2.05, 4.69) is 4.98 Å². The van der Waals surface area contributed by atoms with E-state index in [-0.39, 0.29) is 5.91 Å². The zero-order valence-electron chi connectivity index (χ0n) is 17.0. The molecule has 0 atom stereocenters. The lowest BCUT2D eigenvalue weighted by Gasteiger charge is -2.24. The third-order valence-corrected chi connectivity index (χ3v) is 6.60. The Hall–Kier alpha value is -2.89. The monoisotopic (exact) mass is 436 g/mol. The van der Waals surface area contributed by atoms with Crippen LogP contribution >= 0.6 is 22.9 Å². The third-order valence-electron chi connectivity index (χ3n) is 4.94. The van der Waals surface area contributed by atoms with Crippen LogP contribution in [0.4, 0.5) is 5.69 Å². The van der Waals surface area contributed by atoms with Crippen molar-refractivity contribution in [2.24, 2.45) is 0 Å². The molecule has 0 aliphatic rings. The second-order valence-corrected chi connectivity index (χ2v) is 8.49. The summed E-state index contributed by atoms with van der Waals surface area (Å²) in [6.45, 7) is 4.25. The number of carbonyl (C=O) groups is 1. The van der Waals surface area contributed by atoms with Crippen molar-refractivity contribution in [3.8, 4) is 5.75 Å². The van der Waals surface area contributed by atoms with Crippen molar-refractivity contribution >= 4 is 44.6 Å². The molecule has 152 valence electrons. The minimum absolute atomic E-state index is 0.141. The average molecular weight is 437 g/mol. The van der Waals surface area contributed by atoms with Crippen molar-refractivity contribution in [3.63, 3.8) is 0 Å². The molecular weight excluding hydrogens is 416 g/mol. The normalized spacial score (nSPS) is 10.9. The number of pyridine rings is 1. The first-order valence-corrected chi connectivity index (χ1v) is 10.7. The van der Waals surface area contributed by atoms with Crippen LogP contribution < -0.4 is 9.64 Å². The molecule has 2 aromatic heterocycles. The van der Waals surface area contributed by atoms with Crippen molar-refractivity contribution in [2.45, 2.75) is 20.4 Å². The molecule has 4 nitrogen and oxygen atoms in total. The van der Waals surface area contributed by atoms with Gasteiger partial charge in [0.05, 0.1) is 24.4 Å². The second kappa shape index (κ2) is 8.46. The van der Waals surface area contributed by atoms with E-state index in [1.54, 1.807) is 12.0 Å². The van der Waals surface area contributed by atoms with E-state index in [0.717, 1.165) is 38.5 Å². The lowest BCUT2D eigenvalue weighted by molar-refractivity contribution is 0.0988. The van der Waals surface area contributed by atoms with Gasteiger partial charge in [0.25, 0.3) is 5.91 Å².